The molecule has 1 saturated carbocycles. The van der Waals surface area contributed by atoms with Crippen LogP contribution in [-0.2, 0) is 9.47 Å². The molecule has 1 aliphatic carbocycles. The molecule has 1 saturated heterocycles. The third-order valence-electron chi connectivity index (χ3n) is 3.66. The van der Waals surface area contributed by atoms with Gasteiger partial charge in [0, 0.05) is 25.4 Å². The molecule has 13 heavy (non-hydrogen) atoms. The van der Waals surface area contributed by atoms with Crippen LogP contribution in [0.1, 0.15) is 32.1 Å². The molecule has 2 rings (SSSR count). The summed E-state index contributed by atoms with van der Waals surface area (Å²) in [7, 11) is 1.74. The zero-order chi connectivity index (χ0) is 9.36. The van der Waals surface area contributed by atoms with Crippen molar-refractivity contribution < 1.29 is 9.47 Å². The summed E-state index contributed by atoms with van der Waals surface area (Å²) in [6.45, 7) is 0.801. The van der Waals surface area contributed by atoms with E-state index in [1.165, 1.54) is 6.42 Å². The molecule has 72 valence electrons. The van der Waals surface area contributed by atoms with E-state index < -0.39 is 0 Å². The lowest BCUT2D eigenvalue weighted by Crippen LogP contribution is -2.42. The van der Waals surface area contributed by atoms with Crippen molar-refractivity contribution in [2.45, 2.75) is 37.9 Å². The Bertz CT molecular complexity index is 229. The highest BCUT2D eigenvalue weighted by Gasteiger charge is 2.59. The molecular weight excluding hydrogens is 164 g/mol. The molecule has 2 atom stereocenters. The second-order valence-electron chi connectivity index (χ2n) is 4.07. The third kappa shape index (κ3) is 1.04. The van der Waals surface area contributed by atoms with Crippen molar-refractivity contribution >= 4 is 0 Å². The molecule has 0 radical (unpaired) electrons. The van der Waals surface area contributed by atoms with Crippen LogP contribution in [0.15, 0.2) is 0 Å². The molecule has 0 aromatic rings. The number of fused-ring (bicyclic) bond motifs is 1. The Morgan fingerprint density at radius 1 is 1.46 bits per heavy atom. The minimum Gasteiger partial charge on any atom is -0.353 e. The van der Waals surface area contributed by atoms with Gasteiger partial charge in [-0.3, -0.25) is 0 Å². The second-order valence-corrected chi connectivity index (χ2v) is 4.07. The van der Waals surface area contributed by atoms with Crippen molar-refractivity contribution in [3.8, 4) is 12.3 Å². The Hall–Kier alpha value is -0.520. The molecule has 2 fully saturated rings. The quantitative estimate of drug-likeness (QED) is 0.605. The summed E-state index contributed by atoms with van der Waals surface area (Å²) in [5, 5.41) is 0. The smallest absolute Gasteiger partial charge is 0.174 e. The molecule has 1 heterocycles. The lowest BCUT2D eigenvalue weighted by atomic mass is 9.77. The van der Waals surface area contributed by atoms with Crippen LogP contribution in [0.3, 0.4) is 0 Å². The Morgan fingerprint density at radius 2 is 2.31 bits per heavy atom. The summed E-state index contributed by atoms with van der Waals surface area (Å²) < 4.78 is 11.3. The van der Waals surface area contributed by atoms with E-state index in [2.05, 4.69) is 5.92 Å². The van der Waals surface area contributed by atoms with E-state index in [9.17, 15) is 0 Å². The first-order valence-corrected chi connectivity index (χ1v) is 4.91. The first-order valence-electron chi connectivity index (χ1n) is 4.91. The number of hydrogen-bond donors (Lipinski definition) is 0. The largest absolute Gasteiger partial charge is 0.353 e. The van der Waals surface area contributed by atoms with Crippen molar-refractivity contribution in [1.29, 1.82) is 0 Å². The average molecular weight is 180 g/mol. The van der Waals surface area contributed by atoms with Gasteiger partial charge in [-0.05, 0) is 19.3 Å². The van der Waals surface area contributed by atoms with Gasteiger partial charge in [0.05, 0.1) is 6.61 Å². The maximum Gasteiger partial charge on any atom is 0.174 e. The predicted molar refractivity (Wildman–Crippen MR) is 50.0 cm³/mol. The Morgan fingerprint density at radius 3 is 3.00 bits per heavy atom. The van der Waals surface area contributed by atoms with Crippen LogP contribution in [-0.4, -0.2) is 19.5 Å². The van der Waals surface area contributed by atoms with Crippen molar-refractivity contribution in [2.24, 2.45) is 5.41 Å². The van der Waals surface area contributed by atoms with Gasteiger partial charge in [-0.2, -0.15) is 0 Å². The highest BCUT2D eigenvalue weighted by Crippen LogP contribution is 2.57. The van der Waals surface area contributed by atoms with Crippen LogP contribution in [0.5, 0.6) is 0 Å². The first-order chi connectivity index (χ1) is 6.29. The third-order valence-corrected chi connectivity index (χ3v) is 3.66. The van der Waals surface area contributed by atoms with E-state index >= 15 is 0 Å². The predicted octanol–water partition coefficient (Wildman–Crippen LogP) is 1.94. The fraction of sp³-hybridized carbons (Fsp3) is 0.818. The first kappa shape index (κ1) is 9.05. The normalized spacial score (nSPS) is 43.1. The highest BCUT2D eigenvalue weighted by atomic mass is 16.7. The molecule has 0 spiro atoms. The number of rotatable bonds is 2. The Labute approximate surface area is 79.6 Å². The van der Waals surface area contributed by atoms with Crippen LogP contribution in [0, 0.1) is 17.8 Å². The lowest BCUT2D eigenvalue weighted by molar-refractivity contribution is -0.230. The van der Waals surface area contributed by atoms with Crippen LogP contribution in [0.2, 0.25) is 0 Å². The summed E-state index contributed by atoms with van der Waals surface area (Å²) in [5.74, 6) is 2.42. The fourth-order valence-corrected chi connectivity index (χ4v) is 2.95. The molecule has 0 N–H and O–H groups in total. The minimum absolute atomic E-state index is 0.122. The van der Waals surface area contributed by atoms with E-state index in [1.54, 1.807) is 7.11 Å². The van der Waals surface area contributed by atoms with E-state index in [0.29, 0.717) is 0 Å². The van der Waals surface area contributed by atoms with Gasteiger partial charge < -0.3 is 9.47 Å². The maximum atomic E-state index is 5.75. The monoisotopic (exact) mass is 180 g/mol. The van der Waals surface area contributed by atoms with Gasteiger partial charge in [-0.25, -0.2) is 0 Å². The van der Waals surface area contributed by atoms with Crippen LogP contribution >= 0.6 is 0 Å². The van der Waals surface area contributed by atoms with E-state index in [-0.39, 0.29) is 11.2 Å². The summed E-state index contributed by atoms with van der Waals surface area (Å²) in [4.78, 5) is 0. The molecule has 2 unspecified atom stereocenters. The van der Waals surface area contributed by atoms with Crippen molar-refractivity contribution in [2.75, 3.05) is 13.7 Å². The molecule has 0 bridgehead atoms. The lowest BCUT2D eigenvalue weighted by Gasteiger charge is -2.36. The Balaban J connectivity index is 2.29. The molecule has 2 nitrogen and oxygen atoms in total. The summed E-state index contributed by atoms with van der Waals surface area (Å²) in [6.07, 6.45) is 10.6. The maximum absolute atomic E-state index is 5.75. The molecule has 2 heteroatoms. The summed E-state index contributed by atoms with van der Waals surface area (Å²) >= 11 is 0. The molecule has 2 aliphatic rings. The summed E-state index contributed by atoms with van der Waals surface area (Å²) in [5.41, 5.74) is 0.122. The number of hydrogen-bond acceptors (Lipinski definition) is 2. The van der Waals surface area contributed by atoms with Crippen LogP contribution < -0.4 is 0 Å². The van der Waals surface area contributed by atoms with Crippen molar-refractivity contribution in [1.82, 2.24) is 0 Å². The van der Waals surface area contributed by atoms with Gasteiger partial charge in [0.1, 0.15) is 0 Å². The van der Waals surface area contributed by atoms with Crippen LogP contribution in [0.25, 0.3) is 0 Å². The second kappa shape index (κ2) is 3.01. The molecule has 1 aliphatic heterocycles. The average Bonchev–Trinajstić information content (AvgIpc) is 2.59. The summed E-state index contributed by atoms with van der Waals surface area (Å²) in [6, 6.07) is 0. The number of methoxy groups -OCH3 is 1. The highest BCUT2D eigenvalue weighted by molar-refractivity contribution is 5.08. The SMILES string of the molecule is C#CCC12CCCC1(OC)OCC2. The standard InChI is InChI=1S/C11H16O2/c1-3-5-10-6-4-7-11(10,12-2)13-9-8-10/h1H,4-9H2,2H3. The topological polar surface area (TPSA) is 18.5 Å². The van der Waals surface area contributed by atoms with Crippen molar-refractivity contribution in [3.05, 3.63) is 0 Å². The molecule has 0 aromatic carbocycles. The molecule has 0 aromatic heterocycles. The van der Waals surface area contributed by atoms with E-state index in [0.717, 1.165) is 32.3 Å². The van der Waals surface area contributed by atoms with Crippen molar-refractivity contribution in [3.63, 3.8) is 0 Å². The van der Waals surface area contributed by atoms with Gasteiger partial charge in [0.2, 0.25) is 0 Å². The molecular formula is C11H16O2. The minimum atomic E-state index is -0.348. The Kier molecular flexibility index (Phi) is 2.09. The van der Waals surface area contributed by atoms with Gasteiger partial charge in [-0.15, -0.1) is 12.3 Å². The van der Waals surface area contributed by atoms with Gasteiger partial charge in [0.25, 0.3) is 0 Å². The number of terminal acetylenes is 1. The van der Waals surface area contributed by atoms with Gasteiger partial charge >= 0.3 is 0 Å². The van der Waals surface area contributed by atoms with Crippen LogP contribution in [0.4, 0.5) is 0 Å². The van der Waals surface area contributed by atoms with E-state index in [1.807, 2.05) is 0 Å². The molecule has 0 amide bonds. The fourth-order valence-electron chi connectivity index (χ4n) is 2.95. The van der Waals surface area contributed by atoms with Gasteiger partial charge in [-0.1, -0.05) is 0 Å². The van der Waals surface area contributed by atoms with Gasteiger partial charge in [0.15, 0.2) is 5.79 Å². The zero-order valence-corrected chi connectivity index (χ0v) is 8.14. The zero-order valence-electron chi connectivity index (χ0n) is 8.14. The number of ether oxygens (including phenoxy) is 2. The van der Waals surface area contributed by atoms with E-state index in [4.69, 9.17) is 15.9 Å².